The summed E-state index contributed by atoms with van der Waals surface area (Å²) < 4.78 is 5.88. The first-order valence-electron chi connectivity index (χ1n) is 6.81. The Kier molecular flexibility index (Phi) is 3.50. The lowest BCUT2D eigenvalue weighted by atomic mass is 10.1. The predicted molar refractivity (Wildman–Crippen MR) is 83.6 cm³/mol. The van der Waals surface area contributed by atoms with E-state index in [0.717, 1.165) is 16.8 Å². The molecule has 2 heterocycles. The molecule has 0 saturated carbocycles. The minimum atomic E-state index is -0.494. The minimum absolute atomic E-state index is 0.00413. The van der Waals surface area contributed by atoms with Gasteiger partial charge >= 0.3 is 5.76 Å². The van der Waals surface area contributed by atoms with Crippen LogP contribution in [-0.4, -0.2) is 21.0 Å². The predicted octanol–water partition coefficient (Wildman–Crippen LogP) is 2.14. The van der Waals surface area contributed by atoms with Crippen LogP contribution in [0.1, 0.15) is 17.0 Å². The molecule has 1 aliphatic rings. The number of aromatic nitrogens is 2. The molecule has 0 radical (unpaired) electrons. The topological polar surface area (TPSA) is 80.6 Å². The van der Waals surface area contributed by atoms with E-state index in [1.54, 1.807) is 31.5 Å². The number of aliphatic imine (C=N–C) groups is 1. The summed E-state index contributed by atoms with van der Waals surface area (Å²) in [7, 11) is 1.60. The Morgan fingerprint density at radius 1 is 1.36 bits per heavy atom. The third kappa shape index (κ3) is 2.76. The molecule has 2 aromatic rings. The molecule has 22 heavy (non-hydrogen) atoms. The molecular formula is C16H15N3O3. The fraction of sp³-hybridized carbons (Fsp3) is 0.188. The number of hydrogen-bond donors (Lipinski definition) is 1. The number of phenolic OH excluding ortho intramolecular Hbond substituents is 1. The zero-order valence-corrected chi connectivity index (χ0v) is 12.2. The maximum absolute atomic E-state index is 11.2. The van der Waals surface area contributed by atoms with Crippen LogP contribution in [0, 0.1) is 12.8 Å². The van der Waals surface area contributed by atoms with Crippen LogP contribution in [0.2, 0.25) is 0 Å². The monoisotopic (exact) mass is 297 g/mol. The van der Waals surface area contributed by atoms with Gasteiger partial charge in [0.2, 0.25) is 0 Å². The third-order valence-corrected chi connectivity index (χ3v) is 3.40. The zero-order chi connectivity index (χ0) is 15.7. The second-order valence-electron chi connectivity index (χ2n) is 5.19. The molecule has 1 aliphatic heterocycles. The SMILES string of the molecule is Cc1cc(O)cc(C2=CC(/C=C\c3noc(=O)n3C)C=N2)c1. The fourth-order valence-corrected chi connectivity index (χ4v) is 2.26. The summed E-state index contributed by atoms with van der Waals surface area (Å²) >= 11 is 0. The summed E-state index contributed by atoms with van der Waals surface area (Å²) in [6.07, 6.45) is 7.37. The lowest BCUT2D eigenvalue weighted by molar-refractivity contribution is 0.379. The normalized spacial score (nSPS) is 17.4. The first kappa shape index (κ1) is 14.1. The molecule has 6 heteroatoms. The number of nitrogens with zero attached hydrogens (tertiary/aromatic N) is 3. The van der Waals surface area contributed by atoms with E-state index >= 15 is 0 Å². The highest BCUT2D eigenvalue weighted by Gasteiger charge is 2.12. The van der Waals surface area contributed by atoms with Crippen LogP contribution in [0.5, 0.6) is 5.75 Å². The molecule has 1 atom stereocenters. The maximum Gasteiger partial charge on any atom is 0.441 e. The maximum atomic E-state index is 11.2. The molecule has 0 saturated heterocycles. The van der Waals surface area contributed by atoms with E-state index in [2.05, 4.69) is 14.7 Å². The van der Waals surface area contributed by atoms with Crippen molar-refractivity contribution in [2.75, 3.05) is 0 Å². The van der Waals surface area contributed by atoms with Crippen molar-refractivity contribution >= 4 is 18.0 Å². The molecule has 1 aromatic heterocycles. The largest absolute Gasteiger partial charge is 0.508 e. The second-order valence-corrected chi connectivity index (χ2v) is 5.19. The van der Waals surface area contributed by atoms with E-state index in [0.29, 0.717) is 5.82 Å². The summed E-state index contributed by atoms with van der Waals surface area (Å²) in [5.41, 5.74) is 2.66. The molecule has 0 amide bonds. The van der Waals surface area contributed by atoms with Gasteiger partial charge in [0.05, 0.1) is 5.70 Å². The molecule has 0 spiro atoms. The van der Waals surface area contributed by atoms with Gasteiger partial charge in [-0.3, -0.25) is 14.1 Å². The molecule has 1 unspecified atom stereocenters. The van der Waals surface area contributed by atoms with Crippen molar-refractivity contribution < 1.29 is 9.63 Å². The number of aromatic hydroxyl groups is 1. The number of hydrogen-bond acceptors (Lipinski definition) is 5. The molecule has 3 rings (SSSR count). The Hall–Kier alpha value is -2.89. The molecule has 112 valence electrons. The van der Waals surface area contributed by atoms with Crippen molar-refractivity contribution in [2.45, 2.75) is 6.92 Å². The van der Waals surface area contributed by atoms with Gasteiger partial charge in [-0.2, -0.15) is 0 Å². The smallest absolute Gasteiger partial charge is 0.441 e. The van der Waals surface area contributed by atoms with E-state index in [4.69, 9.17) is 0 Å². The highest BCUT2D eigenvalue weighted by Crippen LogP contribution is 2.27. The van der Waals surface area contributed by atoms with E-state index in [1.165, 1.54) is 4.57 Å². The van der Waals surface area contributed by atoms with Crippen molar-refractivity contribution in [3.05, 3.63) is 57.9 Å². The van der Waals surface area contributed by atoms with Crippen LogP contribution in [0.25, 0.3) is 11.8 Å². The number of allylic oxidation sites excluding steroid dienone is 2. The van der Waals surface area contributed by atoms with E-state index in [-0.39, 0.29) is 11.7 Å². The quantitative estimate of drug-likeness (QED) is 0.941. The molecular weight excluding hydrogens is 282 g/mol. The molecule has 1 aromatic carbocycles. The summed E-state index contributed by atoms with van der Waals surface area (Å²) in [5.74, 6) is 0.187. The van der Waals surface area contributed by atoms with Crippen molar-refractivity contribution in [1.29, 1.82) is 0 Å². The van der Waals surface area contributed by atoms with Gasteiger partial charge in [-0.1, -0.05) is 11.2 Å². The number of aryl methyl sites for hydroxylation is 1. The van der Waals surface area contributed by atoms with Crippen LogP contribution in [-0.2, 0) is 7.05 Å². The average Bonchev–Trinajstić information content (AvgIpc) is 3.05. The number of phenols is 1. The van der Waals surface area contributed by atoms with Gasteiger partial charge in [0.25, 0.3) is 0 Å². The van der Waals surface area contributed by atoms with Crippen molar-refractivity contribution in [1.82, 2.24) is 9.72 Å². The molecule has 0 fully saturated rings. The first-order valence-corrected chi connectivity index (χ1v) is 6.81. The van der Waals surface area contributed by atoms with Gasteiger partial charge in [-0.15, -0.1) is 0 Å². The van der Waals surface area contributed by atoms with Gasteiger partial charge in [-0.05, 0) is 42.8 Å². The average molecular weight is 297 g/mol. The van der Waals surface area contributed by atoms with Gasteiger partial charge in [-0.25, -0.2) is 4.79 Å². The Labute approximate surface area is 126 Å². The lowest BCUT2D eigenvalue weighted by Gasteiger charge is -2.02. The van der Waals surface area contributed by atoms with E-state index in [1.807, 2.05) is 25.1 Å². The Morgan fingerprint density at radius 3 is 2.86 bits per heavy atom. The standard InChI is InChI=1S/C16H15N3O3/c1-10-5-12(8-13(20)6-10)14-7-11(9-17-14)3-4-15-18-22-16(21)19(15)2/h3-9,11,20H,1-2H3/b4-3-. The lowest BCUT2D eigenvalue weighted by Crippen LogP contribution is -2.10. The van der Waals surface area contributed by atoms with Crippen LogP contribution < -0.4 is 5.76 Å². The van der Waals surface area contributed by atoms with Gasteiger partial charge < -0.3 is 5.11 Å². The summed E-state index contributed by atoms with van der Waals surface area (Å²) in [6.45, 7) is 1.92. The zero-order valence-electron chi connectivity index (χ0n) is 12.2. The van der Waals surface area contributed by atoms with E-state index in [9.17, 15) is 9.90 Å². The highest BCUT2D eigenvalue weighted by atomic mass is 16.5. The highest BCUT2D eigenvalue weighted by molar-refractivity contribution is 5.85. The van der Waals surface area contributed by atoms with Crippen molar-refractivity contribution in [3.8, 4) is 5.75 Å². The van der Waals surface area contributed by atoms with Crippen molar-refractivity contribution in [3.63, 3.8) is 0 Å². The Morgan fingerprint density at radius 2 is 2.18 bits per heavy atom. The molecule has 6 nitrogen and oxygen atoms in total. The summed E-state index contributed by atoms with van der Waals surface area (Å²) in [6, 6.07) is 5.35. The first-order chi connectivity index (χ1) is 10.5. The molecule has 1 N–H and O–H groups in total. The number of rotatable bonds is 3. The minimum Gasteiger partial charge on any atom is -0.508 e. The summed E-state index contributed by atoms with van der Waals surface area (Å²) in [5, 5.41) is 13.3. The van der Waals surface area contributed by atoms with Crippen LogP contribution >= 0.6 is 0 Å². The fourth-order valence-electron chi connectivity index (χ4n) is 2.26. The number of benzene rings is 1. The van der Waals surface area contributed by atoms with E-state index < -0.39 is 5.76 Å². The Balaban J connectivity index is 1.81. The van der Waals surface area contributed by atoms with Crippen LogP contribution in [0.15, 0.2) is 44.7 Å². The van der Waals surface area contributed by atoms with Crippen LogP contribution in [0.4, 0.5) is 0 Å². The van der Waals surface area contributed by atoms with Gasteiger partial charge in [0, 0.05) is 24.7 Å². The Bertz CT molecular complexity index is 836. The van der Waals surface area contributed by atoms with Gasteiger partial charge in [0.1, 0.15) is 5.75 Å². The molecule has 0 bridgehead atoms. The molecule has 0 aliphatic carbocycles. The van der Waals surface area contributed by atoms with Crippen LogP contribution in [0.3, 0.4) is 0 Å². The van der Waals surface area contributed by atoms with Gasteiger partial charge in [0.15, 0.2) is 5.82 Å². The summed E-state index contributed by atoms with van der Waals surface area (Å²) in [4.78, 5) is 15.5. The van der Waals surface area contributed by atoms with Crippen molar-refractivity contribution in [2.24, 2.45) is 18.0 Å². The third-order valence-electron chi connectivity index (χ3n) is 3.40. The second kappa shape index (κ2) is 5.48.